The molecule has 0 fully saturated rings. The number of unbranched alkanes of at least 4 members (excludes halogenated alkanes) is 4. The Kier molecular flexibility index (Phi) is 12.5. The van der Waals surface area contributed by atoms with Gasteiger partial charge in [-0.25, -0.2) is 12.7 Å². The molecule has 0 atom stereocenters. The van der Waals surface area contributed by atoms with Crippen molar-refractivity contribution in [2.45, 2.75) is 103 Å². The molecule has 4 nitrogen and oxygen atoms in total. The smallest absolute Gasteiger partial charge is 0.270 e. The highest BCUT2D eigenvalue weighted by Gasteiger charge is 2.36. The molecule has 0 radical (unpaired) electrons. The first-order valence-corrected chi connectivity index (χ1v) is 16.6. The molecule has 0 N–H and O–H groups in total. The second-order valence-corrected chi connectivity index (χ2v) is 16.8. The highest BCUT2D eigenvalue weighted by Crippen LogP contribution is 2.36. The van der Waals surface area contributed by atoms with Crippen LogP contribution < -0.4 is 0 Å². The fourth-order valence-electron chi connectivity index (χ4n) is 2.88. The summed E-state index contributed by atoms with van der Waals surface area (Å²) in [5.74, 6) is 3.08. The Hall–Kier alpha value is -1.55. The maximum absolute atomic E-state index is 13.2. The molecule has 1 aromatic rings. The van der Waals surface area contributed by atoms with Crippen LogP contribution >= 0.6 is 0 Å². The van der Waals surface area contributed by atoms with Gasteiger partial charge < -0.3 is 4.43 Å². The maximum Gasteiger partial charge on any atom is 0.270 e. The van der Waals surface area contributed by atoms with Crippen LogP contribution in [0.5, 0.6) is 0 Å². The molecule has 1 aromatic carbocycles. The summed E-state index contributed by atoms with van der Waals surface area (Å²) in [5, 5.41) is 0.205. The van der Waals surface area contributed by atoms with Gasteiger partial charge in [-0.15, -0.1) is 0 Å². The summed E-state index contributed by atoms with van der Waals surface area (Å²) in [4.78, 5) is 0.292. The van der Waals surface area contributed by atoms with Gasteiger partial charge in [-0.2, -0.15) is 0 Å². The zero-order chi connectivity index (χ0) is 25.0. The summed E-state index contributed by atoms with van der Waals surface area (Å²) in [7, 11) is -5.37. The van der Waals surface area contributed by atoms with Gasteiger partial charge in [0, 0.05) is 25.6 Å². The molecule has 1 rings (SSSR count). The minimum atomic E-state index is -3.64. The summed E-state index contributed by atoms with van der Waals surface area (Å²) in [6.45, 7) is 16.4. The van der Waals surface area contributed by atoms with Crippen LogP contribution in [-0.2, 0) is 14.4 Å². The Morgan fingerprint density at radius 3 is 2.27 bits per heavy atom. The number of aryl methyl sites for hydroxylation is 1. The van der Waals surface area contributed by atoms with Gasteiger partial charge in [0.05, 0.1) is 4.90 Å². The van der Waals surface area contributed by atoms with Crippen molar-refractivity contribution in [1.29, 1.82) is 0 Å². The van der Waals surface area contributed by atoms with Gasteiger partial charge in [0.25, 0.3) is 10.0 Å². The number of benzene rings is 1. The lowest BCUT2D eigenvalue weighted by Crippen LogP contribution is -2.40. The van der Waals surface area contributed by atoms with Crippen molar-refractivity contribution in [2.75, 3.05) is 13.2 Å². The van der Waals surface area contributed by atoms with Gasteiger partial charge in [-0.3, -0.25) is 0 Å². The Balaban J connectivity index is 2.72. The Labute approximate surface area is 205 Å². The summed E-state index contributed by atoms with van der Waals surface area (Å²) in [6.07, 6.45) is 10.8. The Bertz CT molecular complexity index is 888. The Morgan fingerprint density at radius 2 is 1.67 bits per heavy atom. The third kappa shape index (κ3) is 10.5. The number of hydrogen-bond donors (Lipinski definition) is 0. The quantitative estimate of drug-likeness (QED) is 0.0958. The molecule has 186 valence electrons. The minimum absolute atomic E-state index is 0.205. The second-order valence-electron chi connectivity index (χ2n) is 10.1. The monoisotopic (exact) mass is 491 g/mol. The van der Waals surface area contributed by atoms with E-state index in [4.69, 9.17) is 4.43 Å². The lowest BCUT2D eigenvalue weighted by Gasteiger charge is -2.36. The molecule has 0 aliphatic heterocycles. The molecule has 33 heavy (non-hydrogen) atoms. The van der Waals surface area contributed by atoms with Crippen LogP contribution in [0.15, 0.2) is 41.3 Å². The molecule has 0 saturated heterocycles. The lowest BCUT2D eigenvalue weighted by molar-refractivity contribution is 0.294. The van der Waals surface area contributed by atoms with Crippen molar-refractivity contribution in [3.8, 4) is 12.0 Å². The van der Waals surface area contributed by atoms with Gasteiger partial charge >= 0.3 is 0 Å². The number of hydrogen-bond acceptors (Lipinski definition) is 3. The van der Waals surface area contributed by atoms with Gasteiger partial charge in [0.2, 0.25) is 0 Å². The second kappa shape index (κ2) is 14.0. The topological polar surface area (TPSA) is 46.6 Å². The lowest BCUT2D eigenvalue weighted by atomic mass is 10.2. The van der Waals surface area contributed by atoms with Crippen molar-refractivity contribution >= 4 is 18.3 Å². The number of rotatable bonds is 13. The third-order valence-corrected chi connectivity index (χ3v) is 12.4. The van der Waals surface area contributed by atoms with E-state index in [2.05, 4.69) is 58.8 Å². The van der Waals surface area contributed by atoms with E-state index in [1.165, 1.54) is 17.1 Å². The zero-order valence-electron chi connectivity index (χ0n) is 21.9. The average molecular weight is 492 g/mol. The molecular weight excluding hydrogens is 446 g/mol. The number of sulfonamides is 1. The molecule has 0 aliphatic rings. The molecule has 0 amide bonds. The number of nitrogens with zero attached hydrogens (tertiary/aromatic N) is 1. The molecule has 0 unspecified atom stereocenters. The van der Waals surface area contributed by atoms with Gasteiger partial charge in [0.1, 0.15) is 0 Å². The van der Waals surface area contributed by atoms with E-state index < -0.39 is 18.3 Å². The first kappa shape index (κ1) is 29.5. The standard InChI is InChI=1S/C27H45NO3SSi/c1-8-9-10-11-12-15-22-28(32(29,30)26-20-18-25(2)19-21-26)23-16-13-14-17-24-31-33(6,7)27(3,4)5/h13-14,18-21H,8-12,16-17,23-24H2,1-7H3/b14-13+. The third-order valence-electron chi connectivity index (χ3n) is 6.19. The van der Waals surface area contributed by atoms with E-state index in [9.17, 15) is 8.42 Å². The van der Waals surface area contributed by atoms with Crippen molar-refractivity contribution in [3.05, 3.63) is 42.0 Å². The van der Waals surface area contributed by atoms with Crippen molar-refractivity contribution in [2.24, 2.45) is 0 Å². The van der Waals surface area contributed by atoms with E-state index >= 15 is 0 Å². The van der Waals surface area contributed by atoms with Crippen LogP contribution in [0.4, 0.5) is 0 Å². The summed E-state index contributed by atoms with van der Waals surface area (Å²) in [5.41, 5.74) is 1.03. The van der Waals surface area contributed by atoms with Crippen LogP contribution in [0, 0.1) is 18.9 Å². The van der Waals surface area contributed by atoms with E-state index in [0.717, 1.165) is 31.2 Å². The Morgan fingerprint density at radius 1 is 1.03 bits per heavy atom. The van der Waals surface area contributed by atoms with Gasteiger partial charge in [-0.05, 0) is 56.5 Å². The van der Waals surface area contributed by atoms with E-state index in [1.54, 1.807) is 12.1 Å². The van der Waals surface area contributed by atoms with Crippen molar-refractivity contribution in [3.63, 3.8) is 0 Å². The first-order valence-electron chi connectivity index (χ1n) is 12.3. The molecule has 0 aromatic heterocycles. The highest BCUT2D eigenvalue weighted by atomic mass is 32.2. The molecule has 6 heteroatoms. The summed E-state index contributed by atoms with van der Waals surface area (Å²) >= 11 is 0. The van der Waals surface area contributed by atoms with Crippen LogP contribution in [-0.4, -0.2) is 34.2 Å². The predicted molar refractivity (Wildman–Crippen MR) is 143 cm³/mol. The normalized spacial score (nSPS) is 12.6. The molecule has 0 saturated carbocycles. The summed E-state index contributed by atoms with van der Waals surface area (Å²) in [6, 6.07) is 9.90. The average Bonchev–Trinajstić information content (AvgIpc) is 2.73. The van der Waals surface area contributed by atoms with Crippen molar-refractivity contribution < 1.29 is 12.8 Å². The van der Waals surface area contributed by atoms with Crippen LogP contribution in [0.3, 0.4) is 0 Å². The molecule has 0 aliphatic carbocycles. The predicted octanol–water partition coefficient (Wildman–Crippen LogP) is 7.28. The first-order chi connectivity index (χ1) is 15.4. The fourth-order valence-corrected chi connectivity index (χ4v) is 5.21. The van der Waals surface area contributed by atoms with Crippen molar-refractivity contribution in [1.82, 2.24) is 4.31 Å². The fraction of sp³-hybridized carbons (Fsp3) is 0.630. The van der Waals surface area contributed by atoms with Crippen LogP contribution in [0.2, 0.25) is 18.1 Å². The van der Waals surface area contributed by atoms with E-state index in [0.29, 0.717) is 24.5 Å². The molecule has 0 spiro atoms. The molecule has 0 bridgehead atoms. The van der Waals surface area contributed by atoms with Gasteiger partial charge in [0.15, 0.2) is 8.32 Å². The van der Waals surface area contributed by atoms with Gasteiger partial charge in [-0.1, -0.05) is 82.7 Å². The largest absolute Gasteiger partial charge is 0.417 e. The highest BCUT2D eigenvalue weighted by molar-refractivity contribution is 7.89. The van der Waals surface area contributed by atoms with E-state index in [-0.39, 0.29) is 5.04 Å². The summed E-state index contributed by atoms with van der Waals surface area (Å²) < 4.78 is 33.8. The van der Waals surface area contributed by atoms with E-state index in [1.807, 2.05) is 25.1 Å². The van der Waals surface area contributed by atoms with Crippen LogP contribution in [0.1, 0.15) is 78.2 Å². The minimum Gasteiger partial charge on any atom is -0.417 e. The maximum atomic E-state index is 13.2. The molecular formula is C27H45NO3SSi. The zero-order valence-corrected chi connectivity index (χ0v) is 23.7. The SMILES string of the molecule is CCCCCCC#CN(CC/C=C/CCO[Si](C)(C)C(C)(C)C)S(=O)(=O)c1ccc(C)cc1. The van der Waals surface area contributed by atoms with Crippen LogP contribution in [0.25, 0.3) is 0 Å². The molecule has 0 heterocycles.